The molecule has 0 heterocycles. The SMILES string of the molecule is CCCCCCCCCCCCNC(=O)C(CNC(=O)OC(C)(C)C)NC(=O)OC(C)(C)C. The molecule has 0 bridgehead atoms. The molecule has 1 unspecified atom stereocenters. The smallest absolute Gasteiger partial charge is 0.408 e. The zero-order valence-corrected chi connectivity index (χ0v) is 22.1. The van der Waals surface area contributed by atoms with Crippen molar-refractivity contribution in [2.75, 3.05) is 13.1 Å². The van der Waals surface area contributed by atoms with E-state index in [0.717, 1.165) is 19.3 Å². The molecule has 3 amide bonds. The van der Waals surface area contributed by atoms with E-state index in [1.165, 1.54) is 44.9 Å². The Morgan fingerprint density at radius 2 is 1.12 bits per heavy atom. The number of carbonyl (C=O) groups excluding carboxylic acids is 3. The summed E-state index contributed by atoms with van der Waals surface area (Å²) in [4.78, 5) is 36.7. The van der Waals surface area contributed by atoms with Crippen LogP contribution in [0.25, 0.3) is 0 Å². The van der Waals surface area contributed by atoms with Crippen molar-refractivity contribution in [1.82, 2.24) is 16.0 Å². The van der Waals surface area contributed by atoms with E-state index >= 15 is 0 Å². The standard InChI is InChI=1S/C25H49N3O5/c1-8-9-10-11-12-13-14-15-16-17-18-26-21(29)20(28-23(31)33-25(5,6)7)19-27-22(30)32-24(2,3)4/h20H,8-19H2,1-7H3,(H,26,29)(H,27,30)(H,28,31). The fourth-order valence-electron chi connectivity index (χ4n) is 3.11. The van der Waals surface area contributed by atoms with Crippen LogP contribution in [0.4, 0.5) is 9.59 Å². The lowest BCUT2D eigenvalue weighted by molar-refractivity contribution is -0.123. The predicted octanol–water partition coefficient (Wildman–Crippen LogP) is 5.44. The van der Waals surface area contributed by atoms with Crippen molar-refractivity contribution in [3.8, 4) is 0 Å². The van der Waals surface area contributed by atoms with Crippen molar-refractivity contribution < 1.29 is 23.9 Å². The van der Waals surface area contributed by atoms with Crippen molar-refractivity contribution >= 4 is 18.1 Å². The molecule has 194 valence electrons. The molecule has 0 aliphatic rings. The van der Waals surface area contributed by atoms with Gasteiger partial charge in [-0.3, -0.25) is 4.79 Å². The van der Waals surface area contributed by atoms with E-state index in [0.29, 0.717) is 6.54 Å². The molecular formula is C25H49N3O5. The molecule has 8 heteroatoms. The highest BCUT2D eigenvalue weighted by Crippen LogP contribution is 2.10. The van der Waals surface area contributed by atoms with Gasteiger partial charge in [-0.1, -0.05) is 64.7 Å². The second-order valence-corrected chi connectivity index (χ2v) is 10.6. The van der Waals surface area contributed by atoms with Crippen LogP contribution in [0.3, 0.4) is 0 Å². The summed E-state index contributed by atoms with van der Waals surface area (Å²) in [6, 6.07) is -0.963. The van der Waals surface area contributed by atoms with Gasteiger partial charge in [-0.15, -0.1) is 0 Å². The van der Waals surface area contributed by atoms with Crippen molar-refractivity contribution in [3.05, 3.63) is 0 Å². The highest BCUT2D eigenvalue weighted by atomic mass is 16.6. The maximum Gasteiger partial charge on any atom is 0.408 e. The summed E-state index contributed by atoms with van der Waals surface area (Å²) >= 11 is 0. The highest BCUT2D eigenvalue weighted by Gasteiger charge is 2.25. The Balaban J connectivity index is 4.38. The molecule has 0 aromatic heterocycles. The van der Waals surface area contributed by atoms with Gasteiger partial charge in [0.15, 0.2) is 0 Å². The third-order valence-electron chi connectivity index (χ3n) is 4.69. The van der Waals surface area contributed by atoms with E-state index in [1.807, 2.05) is 0 Å². The summed E-state index contributed by atoms with van der Waals surface area (Å²) < 4.78 is 10.4. The average Bonchev–Trinajstić information content (AvgIpc) is 2.66. The summed E-state index contributed by atoms with van der Waals surface area (Å²) in [5.74, 6) is -0.368. The van der Waals surface area contributed by atoms with Gasteiger partial charge in [0.05, 0.1) is 6.54 Å². The normalized spacial score (nSPS) is 12.6. The number of nitrogens with one attached hydrogen (secondary N) is 3. The average molecular weight is 472 g/mol. The maximum absolute atomic E-state index is 12.6. The zero-order valence-electron chi connectivity index (χ0n) is 22.1. The van der Waals surface area contributed by atoms with Crippen LogP contribution >= 0.6 is 0 Å². The molecular weight excluding hydrogens is 422 g/mol. The third-order valence-corrected chi connectivity index (χ3v) is 4.69. The minimum Gasteiger partial charge on any atom is -0.444 e. The highest BCUT2D eigenvalue weighted by molar-refractivity contribution is 5.86. The molecule has 0 fully saturated rings. The number of unbranched alkanes of at least 4 members (excludes halogenated alkanes) is 9. The molecule has 3 N–H and O–H groups in total. The van der Waals surface area contributed by atoms with Crippen LogP contribution in [0, 0.1) is 0 Å². The van der Waals surface area contributed by atoms with Gasteiger partial charge in [-0.05, 0) is 48.0 Å². The molecule has 33 heavy (non-hydrogen) atoms. The molecule has 0 saturated heterocycles. The minimum absolute atomic E-state index is 0.0992. The van der Waals surface area contributed by atoms with Gasteiger partial charge < -0.3 is 25.4 Å². The molecule has 0 aliphatic heterocycles. The van der Waals surface area contributed by atoms with Crippen molar-refractivity contribution in [1.29, 1.82) is 0 Å². The van der Waals surface area contributed by atoms with Crippen LogP contribution < -0.4 is 16.0 Å². The molecule has 8 nitrogen and oxygen atoms in total. The number of carbonyl (C=O) groups is 3. The topological polar surface area (TPSA) is 106 Å². The van der Waals surface area contributed by atoms with Crippen LogP contribution in [0.2, 0.25) is 0 Å². The lowest BCUT2D eigenvalue weighted by Gasteiger charge is -2.24. The van der Waals surface area contributed by atoms with Crippen molar-refractivity contribution in [3.63, 3.8) is 0 Å². The van der Waals surface area contributed by atoms with Crippen LogP contribution in [-0.4, -0.2) is 48.4 Å². The number of hydrogen-bond donors (Lipinski definition) is 3. The Kier molecular flexibility index (Phi) is 15.6. The fourth-order valence-corrected chi connectivity index (χ4v) is 3.11. The monoisotopic (exact) mass is 471 g/mol. The Hall–Kier alpha value is -1.99. The lowest BCUT2D eigenvalue weighted by atomic mass is 10.1. The Labute approximate surface area is 201 Å². The van der Waals surface area contributed by atoms with E-state index in [2.05, 4.69) is 22.9 Å². The van der Waals surface area contributed by atoms with Crippen molar-refractivity contribution in [2.45, 2.75) is 130 Å². The first-order chi connectivity index (χ1) is 15.3. The third kappa shape index (κ3) is 20.4. The van der Waals surface area contributed by atoms with Crippen LogP contribution in [0.5, 0.6) is 0 Å². The summed E-state index contributed by atoms with van der Waals surface area (Å²) in [6.07, 6.45) is 10.8. The van der Waals surface area contributed by atoms with Gasteiger partial charge in [0, 0.05) is 6.54 Å². The van der Waals surface area contributed by atoms with Gasteiger partial charge in [0.2, 0.25) is 5.91 Å². The number of rotatable bonds is 15. The van der Waals surface area contributed by atoms with E-state index in [4.69, 9.17) is 9.47 Å². The van der Waals surface area contributed by atoms with Crippen LogP contribution in [-0.2, 0) is 14.3 Å². The summed E-state index contributed by atoms with van der Waals surface area (Å²) in [6.45, 7) is 13.1. The first-order valence-electron chi connectivity index (χ1n) is 12.6. The largest absolute Gasteiger partial charge is 0.444 e. The zero-order chi connectivity index (χ0) is 25.3. The van der Waals surface area contributed by atoms with Crippen molar-refractivity contribution in [2.24, 2.45) is 0 Å². The quantitative estimate of drug-likeness (QED) is 0.276. The van der Waals surface area contributed by atoms with Gasteiger partial charge in [-0.2, -0.15) is 0 Å². The molecule has 0 aromatic rings. The molecule has 1 atom stereocenters. The summed E-state index contributed by atoms with van der Waals surface area (Å²) in [5.41, 5.74) is -1.35. The first-order valence-corrected chi connectivity index (χ1v) is 12.6. The Morgan fingerprint density at radius 3 is 1.61 bits per heavy atom. The van der Waals surface area contributed by atoms with Gasteiger partial charge in [0.1, 0.15) is 17.2 Å². The first kappa shape index (κ1) is 31.0. The van der Waals surface area contributed by atoms with E-state index < -0.39 is 29.4 Å². The number of alkyl carbamates (subject to hydrolysis) is 2. The molecule has 0 saturated carbocycles. The summed E-state index contributed by atoms with van der Waals surface area (Å²) in [7, 11) is 0. The fraction of sp³-hybridized carbons (Fsp3) is 0.880. The van der Waals surface area contributed by atoms with E-state index in [9.17, 15) is 14.4 Å². The molecule has 0 radical (unpaired) electrons. The molecule has 0 rings (SSSR count). The van der Waals surface area contributed by atoms with Crippen LogP contribution in [0.15, 0.2) is 0 Å². The number of ether oxygens (including phenoxy) is 2. The van der Waals surface area contributed by atoms with Gasteiger partial charge >= 0.3 is 12.2 Å². The molecule has 0 aliphatic carbocycles. The second kappa shape index (κ2) is 16.6. The van der Waals surface area contributed by atoms with Gasteiger partial charge in [0.25, 0.3) is 0 Å². The number of hydrogen-bond acceptors (Lipinski definition) is 5. The van der Waals surface area contributed by atoms with E-state index in [-0.39, 0.29) is 12.5 Å². The summed E-state index contributed by atoms with van der Waals surface area (Å²) in [5, 5.41) is 7.92. The Bertz CT molecular complexity index is 567. The molecule has 0 aromatic carbocycles. The Morgan fingerprint density at radius 1 is 0.667 bits per heavy atom. The minimum atomic E-state index is -0.963. The maximum atomic E-state index is 12.6. The lowest BCUT2D eigenvalue weighted by Crippen LogP contribution is -2.54. The second-order valence-electron chi connectivity index (χ2n) is 10.6. The van der Waals surface area contributed by atoms with E-state index in [1.54, 1.807) is 41.5 Å². The predicted molar refractivity (Wildman–Crippen MR) is 132 cm³/mol. The number of amides is 3. The van der Waals surface area contributed by atoms with Crippen LogP contribution in [0.1, 0.15) is 113 Å². The van der Waals surface area contributed by atoms with Gasteiger partial charge in [-0.25, -0.2) is 9.59 Å². The molecule has 0 spiro atoms.